The Morgan fingerprint density at radius 3 is 2.43 bits per heavy atom. The van der Waals surface area contributed by atoms with Gasteiger partial charge in [0.2, 0.25) is 0 Å². The van der Waals surface area contributed by atoms with Crippen LogP contribution in [0.1, 0.15) is 5.56 Å². The van der Waals surface area contributed by atoms with Gasteiger partial charge in [-0.25, -0.2) is 0 Å². The summed E-state index contributed by atoms with van der Waals surface area (Å²) in [7, 11) is 0. The van der Waals surface area contributed by atoms with Gasteiger partial charge in [-0.2, -0.15) is 0 Å². The van der Waals surface area contributed by atoms with Gasteiger partial charge in [-0.1, -0.05) is 12.7 Å². The molecule has 0 aromatic heterocycles. The molecule has 1 rings (SSSR count). The topological polar surface area (TPSA) is 9.23 Å². The van der Waals surface area contributed by atoms with Crippen LogP contribution in [-0.4, -0.2) is 6.36 Å². The lowest BCUT2D eigenvalue weighted by Crippen LogP contribution is -2.17. The van der Waals surface area contributed by atoms with Gasteiger partial charge in [-0.05, 0) is 46.4 Å². The highest BCUT2D eigenvalue weighted by Gasteiger charge is 2.31. The highest BCUT2D eigenvalue weighted by Crippen LogP contribution is 2.25. The summed E-state index contributed by atoms with van der Waals surface area (Å²) in [5.74, 6) is -0.223. The lowest BCUT2D eigenvalue weighted by molar-refractivity contribution is -0.274. The molecule has 0 fully saturated rings. The van der Waals surface area contributed by atoms with Crippen LogP contribution in [0.15, 0.2) is 24.8 Å². The summed E-state index contributed by atoms with van der Waals surface area (Å²) in [4.78, 5) is 0. The molecule has 0 saturated carbocycles. The first-order valence-corrected chi connectivity index (χ1v) is 4.67. The van der Waals surface area contributed by atoms with Gasteiger partial charge in [0.25, 0.3) is 0 Å². The van der Waals surface area contributed by atoms with Gasteiger partial charge < -0.3 is 4.74 Å². The van der Waals surface area contributed by atoms with E-state index in [1.807, 2.05) is 22.6 Å². The highest BCUT2D eigenvalue weighted by molar-refractivity contribution is 14.1. The van der Waals surface area contributed by atoms with Crippen LogP contribution in [0.3, 0.4) is 0 Å². The average Bonchev–Trinajstić information content (AvgIpc) is 1.99. The monoisotopic (exact) mass is 314 g/mol. The summed E-state index contributed by atoms with van der Waals surface area (Å²) in [5, 5.41) is 0. The molecule has 0 radical (unpaired) electrons. The van der Waals surface area contributed by atoms with E-state index in [0.717, 1.165) is 0 Å². The van der Waals surface area contributed by atoms with E-state index in [4.69, 9.17) is 0 Å². The second-order valence-electron chi connectivity index (χ2n) is 2.47. The number of alkyl halides is 3. The van der Waals surface area contributed by atoms with Crippen LogP contribution in [0.5, 0.6) is 5.75 Å². The third-order valence-corrected chi connectivity index (χ3v) is 1.99. The molecule has 0 N–H and O–H groups in total. The van der Waals surface area contributed by atoms with Crippen LogP contribution < -0.4 is 4.74 Å². The van der Waals surface area contributed by atoms with Gasteiger partial charge >= 0.3 is 6.36 Å². The van der Waals surface area contributed by atoms with Crippen LogP contribution in [-0.2, 0) is 0 Å². The fourth-order valence-corrected chi connectivity index (χ4v) is 1.56. The second-order valence-corrected chi connectivity index (χ2v) is 3.72. The molecule has 0 saturated heterocycles. The molecule has 1 aromatic rings. The second kappa shape index (κ2) is 4.20. The molecule has 0 aliphatic carbocycles. The maximum atomic E-state index is 11.9. The molecule has 0 atom stereocenters. The number of hydrogen-bond donors (Lipinski definition) is 0. The van der Waals surface area contributed by atoms with Gasteiger partial charge in [-0.15, -0.1) is 13.2 Å². The van der Waals surface area contributed by atoms with Gasteiger partial charge in [0.1, 0.15) is 5.75 Å². The molecule has 0 heterocycles. The maximum Gasteiger partial charge on any atom is 0.573 e. The lowest BCUT2D eigenvalue weighted by Gasteiger charge is -2.09. The van der Waals surface area contributed by atoms with Crippen molar-refractivity contribution in [3.8, 4) is 5.75 Å². The van der Waals surface area contributed by atoms with E-state index in [0.29, 0.717) is 9.13 Å². The Morgan fingerprint density at radius 1 is 1.29 bits per heavy atom. The summed E-state index contributed by atoms with van der Waals surface area (Å²) < 4.78 is 40.0. The van der Waals surface area contributed by atoms with Crippen molar-refractivity contribution in [3.63, 3.8) is 0 Å². The molecule has 1 aromatic carbocycles. The summed E-state index contributed by atoms with van der Waals surface area (Å²) in [6, 6.07) is 4.29. The van der Waals surface area contributed by atoms with Crippen LogP contribution >= 0.6 is 22.6 Å². The minimum absolute atomic E-state index is 0.223. The smallest absolute Gasteiger partial charge is 0.406 e. The predicted molar refractivity (Wildman–Crippen MR) is 55.9 cm³/mol. The first-order chi connectivity index (χ1) is 6.40. The molecule has 1 nitrogen and oxygen atoms in total. The first kappa shape index (κ1) is 11.4. The Kier molecular flexibility index (Phi) is 3.41. The fraction of sp³-hybridized carbons (Fsp3) is 0.111. The average molecular weight is 314 g/mol. The van der Waals surface area contributed by atoms with Crippen molar-refractivity contribution >= 4 is 28.7 Å². The van der Waals surface area contributed by atoms with Gasteiger partial charge in [0, 0.05) is 3.57 Å². The van der Waals surface area contributed by atoms with Crippen molar-refractivity contribution in [2.45, 2.75) is 6.36 Å². The molecule has 14 heavy (non-hydrogen) atoms. The summed E-state index contributed by atoms with van der Waals surface area (Å²) >= 11 is 1.91. The largest absolute Gasteiger partial charge is 0.573 e. The number of hydrogen-bond acceptors (Lipinski definition) is 1. The predicted octanol–water partition coefficient (Wildman–Crippen LogP) is 3.83. The molecular formula is C9H6F3IO. The quantitative estimate of drug-likeness (QED) is 0.754. The van der Waals surface area contributed by atoms with Crippen molar-refractivity contribution in [1.29, 1.82) is 0 Å². The minimum atomic E-state index is -4.65. The van der Waals surface area contributed by atoms with Crippen molar-refractivity contribution < 1.29 is 17.9 Å². The summed E-state index contributed by atoms with van der Waals surface area (Å²) in [5.41, 5.74) is 0.594. The van der Waals surface area contributed by atoms with E-state index < -0.39 is 6.36 Å². The molecule has 0 spiro atoms. The maximum absolute atomic E-state index is 11.9. The molecule has 0 unspecified atom stereocenters. The van der Waals surface area contributed by atoms with Crippen LogP contribution in [0, 0.1) is 3.57 Å². The van der Waals surface area contributed by atoms with Crippen molar-refractivity contribution in [2.75, 3.05) is 0 Å². The van der Waals surface area contributed by atoms with E-state index in [9.17, 15) is 13.2 Å². The Labute approximate surface area is 92.7 Å². The first-order valence-electron chi connectivity index (χ1n) is 3.59. The van der Waals surface area contributed by atoms with Crippen molar-refractivity contribution in [2.24, 2.45) is 0 Å². The Morgan fingerprint density at radius 2 is 1.93 bits per heavy atom. The molecule has 5 heteroatoms. The molecule has 0 aliphatic heterocycles. The number of ether oxygens (including phenoxy) is 1. The normalized spacial score (nSPS) is 11.1. The molecule has 76 valence electrons. The zero-order valence-corrected chi connectivity index (χ0v) is 9.09. The van der Waals surface area contributed by atoms with E-state index in [1.54, 1.807) is 6.07 Å². The standard InChI is InChI=1S/C9H6F3IO/c1-2-6-3-7(13)5-8(4-6)14-9(10,11)12/h2-5H,1H2. The van der Waals surface area contributed by atoms with Gasteiger partial charge in [-0.3, -0.25) is 0 Å². The van der Waals surface area contributed by atoms with Crippen LogP contribution in [0.4, 0.5) is 13.2 Å². The highest BCUT2D eigenvalue weighted by atomic mass is 127. The number of benzene rings is 1. The lowest BCUT2D eigenvalue weighted by atomic mass is 10.2. The van der Waals surface area contributed by atoms with E-state index in [-0.39, 0.29) is 5.75 Å². The molecule has 0 aliphatic rings. The number of rotatable bonds is 2. The third-order valence-electron chi connectivity index (χ3n) is 1.36. The fourth-order valence-electron chi connectivity index (χ4n) is 0.895. The minimum Gasteiger partial charge on any atom is -0.406 e. The Hall–Kier alpha value is -0.720. The Bertz CT molecular complexity index is 346. The van der Waals surface area contributed by atoms with Crippen LogP contribution in [0.25, 0.3) is 6.08 Å². The van der Waals surface area contributed by atoms with E-state index in [1.165, 1.54) is 18.2 Å². The molecule has 0 amide bonds. The third kappa shape index (κ3) is 3.57. The summed E-state index contributed by atoms with van der Waals surface area (Å²) in [6.07, 6.45) is -3.19. The van der Waals surface area contributed by atoms with E-state index in [2.05, 4.69) is 11.3 Å². The zero-order chi connectivity index (χ0) is 10.8. The van der Waals surface area contributed by atoms with Crippen LogP contribution in [0.2, 0.25) is 0 Å². The van der Waals surface area contributed by atoms with Gasteiger partial charge in [0.05, 0.1) is 0 Å². The molecular weight excluding hydrogens is 308 g/mol. The van der Waals surface area contributed by atoms with Gasteiger partial charge in [0.15, 0.2) is 0 Å². The van der Waals surface area contributed by atoms with Crippen molar-refractivity contribution in [3.05, 3.63) is 33.9 Å². The molecule has 0 bridgehead atoms. The summed E-state index contributed by atoms with van der Waals surface area (Å²) in [6.45, 7) is 3.47. The Balaban J connectivity index is 2.98. The SMILES string of the molecule is C=Cc1cc(I)cc(OC(F)(F)F)c1. The number of halogens is 4. The zero-order valence-electron chi connectivity index (χ0n) is 6.94. The van der Waals surface area contributed by atoms with E-state index >= 15 is 0 Å². The van der Waals surface area contributed by atoms with Crippen molar-refractivity contribution in [1.82, 2.24) is 0 Å².